The van der Waals surface area contributed by atoms with Gasteiger partial charge in [0.1, 0.15) is 0 Å². The highest BCUT2D eigenvalue weighted by molar-refractivity contribution is 7.89. The van der Waals surface area contributed by atoms with Crippen LogP contribution in [-0.2, 0) is 14.8 Å². The van der Waals surface area contributed by atoms with Crippen molar-refractivity contribution in [1.82, 2.24) is 14.1 Å². The van der Waals surface area contributed by atoms with Gasteiger partial charge in [-0.3, -0.25) is 4.79 Å². The van der Waals surface area contributed by atoms with Crippen LogP contribution in [0.1, 0.15) is 32.3 Å². The van der Waals surface area contributed by atoms with Crippen molar-refractivity contribution in [2.45, 2.75) is 44.6 Å². The smallest absolute Gasteiger partial charge is 0.243 e. The molecule has 0 saturated carbocycles. The van der Waals surface area contributed by atoms with E-state index in [9.17, 15) is 13.2 Å². The molecule has 1 aromatic rings. The lowest BCUT2D eigenvalue weighted by atomic mass is 9.94. The van der Waals surface area contributed by atoms with Crippen molar-refractivity contribution in [3.05, 3.63) is 29.8 Å². The van der Waals surface area contributed by atoms with E-state index in [1.807, 2.05) is 24.0 Å². The summed E-state index contributed by atoms with van der Waals surface area (Å²) in [5, 5.41) is 0. The standard InChI is InChI=1S/C20H31N3O3S/c1-16(2)21-10-8-18(9-11-21)20(24)22-12-14-23(15-13-22)27(25,26)19-6-4-17(3)5-7-19/h4-7,16,18H,8-15H2,1-3H3. The highest BCUT2D eigenvalue weighted by Crippen LogP contribution is 2.23. The third-order valence-electron chi connectivity index (χ3n) is 5.82. The molecule has 3 rings (SSSR count). The first kappa shape index (κ1) is 20.3. The maximum atomic E-state index is 12.8. The fourth-order valence-corrected chi connectivity index (χ4v) is 5.35. The Balaban J connectivity index is 1.55. The number of likely N-dealkylation sites (tertiary alicyclic amines) is 1. The summed E-state index contributed by atoms with van der Waals surface area (Å²) in [5.41, 5.74) is 1.04. The zero-order valence-corrected chi connectivity index (χ0v) is 17.4. The maximum absolute atomic E-state index is 12.8. The van der Waals surface area contributed by atoms with Crippen LogP contribution in [0.4, 0.5) is 0 Å². The topological polar surface area (TPSA) is 60.9 Å². The molecular weight excluding hydrogens is 362 g/mol. The first-order valence-corrected chi connectivity index (χ1v) is 11.3. The largest absolute Gasteiger partial charge is 0.340 e. The van der Waals surface area contributed by atoms with Crippen molar-refractivity contribution in [3.8, 4) is 0 Å². The molecule has 0 radical (unpaired) electrons. The van der Waals surface area contributed by atoms with Crippen LogP contribution in [0.15, 0.2) is 29.2 Å². The first-order valence-electron chi connectivity index (χ1n) is 9.88. The van der Waals surface area contributed by atoms with Gasteiger partial charge in [-0.25, -0.2) is 8.42 Å². The average Bonchev–Trinajstić information content (AvgIpc) is 2.68. The number of hydrogen-bond acceptors (Lipinski definition) is 4. The van der Waals surface area contributed by atoms with Crippen molar-refractivity contribution in [2.75, 3.05) is 39.3 Å². The van der Waals surface area contributed by atoms with E-state index in [-0.39, 0.29) is 11.8 Å². The number of piperazine rings is 1. The van der Waals surface area contributed by atoms with E-state index in [0.717, 1.165) is 31.5 Å². The molecule has 2 heterocycles. The summed E-state index contributed by atoms with van der Waals surface area (Å²) in [4.78, 5) is 17.4. The molecule has 0 spiro atoms. The minimum absolute atomic E-state index is 0.0836. The molecule has 0 bridgehead atoms. The van der Waals surface area contributed by atoms with Gasteiger partial charge in [0.15, 0.2) is 0 Å². The number of carbonyl (C=O) groups excluding carboxylic acids is 1. The van der Waals surface area contributed by atoms with E-state index in [0.29, 0.717) is 37.1 Å². The highest BCUT2D eigenvalue weighted by Gasteiger charge is 2.34. The number of piperidine rings is 1. The molecule has 0 aliphatic carbocycles. The molecule has 2 aliphatic rings. The summed E-state index contributed by atoms with van der Waals surface area (Å²) in [6.07, 6.45) is 1.80. The lowest BCUT2D eigenvalue weighted by Crippen LogP contribution is -2.53. The van der Waals surface area contributed by atoms with E-state index in [4.69, 9.17) is 0 Å². The molecular formula is C20H31N3O3S. The number of rotatable bonds is 4. The minimum atomic E-state index is -3.48. The van der Waals surface area contributed by atoms with Crippen LogP contribution in [0.2, 0.25) is 0 Å². The van der Waals surface area contributed by atoms with E-state index in [1.54, 1.807) is 12.1 Å². The number of nitrogens with zero attached hydrogens (tertiary/aromatic N) is 3. The number of amides is 1. The highest BCUT2D eigenvalue weighted by atomic mass is 32.2. The van der Waals surface area contributed by atoms with E-state index >= 15 is 0 Å². The van der Waals surface area contributed by atoms with Crippen molar-refractivity contribution in [2.24, 2.45) is 5.92 Å². The van der Waals surface area contributed by atoms with Gasteiger partial charge in [-0.05, 0) is 58.8 Å². The second kappa shape index (κ2) is 8.29. The Labute approximate surface area is 163 Å². The number of sulfonamides is 1. The van der Waals surface area contributed by atoms with Gasteiger partial charge in [-0.1, -0.05) is 17.7 Å². The molecule has 1 aromatic carbocycles. The second-order valence-electron chi connectivity index (χ2n) is 7.95. The predicted octanol–water partition coefficient (Wildman–Crippen LogP) is 1.95. The average molecular weight is 394 g/mol. The minimum Gasteiger partial charge on any atom is -0.340 e. The Kier molecular flexibility index (Phi) is 6.23. The first-order chi connectivity index (χ1) is 12.8. The predicted molar refractivity (Wildman–Crippen MR) is 106 cm³/mol. The Morgan fingerprint density at radius 3 is 2.04 bits per heavy atom. The second-order valence-corrected chi connectivity index (χ2v) is 9.88. The van der Waals surface area contributed by atoms with Crippen LogP contribution in [0.3, 0.4) is 0 Å². The van der Waals surface area contributed by atoms with Crippen molar-refractivity contribution in [1.29, 1.82) is 0 Å². The molecule has 2 aliphatic heterocycles. The molecule has 27 heavy (non-hydrogen) atoms. The summed E-state index contributed by atoms with van der Waals surface area (Å²) in [6.45, 7) is 9.95. The van der Waals surface area contributed by atoms with Crippen LogP contribution in [0, 0.1) is 12.8 Å². The van der Waals surface area contributed by atoms with Crippen molar-refractivity contribution >= 4 is 15.9 Å². The summed E-state index contributed by atoms with van der Waals surface area (Å²) < 4.78 is 27.1. The van der Waals surface area contributed by atoms with E-state index < -0.39 is 10.0 Å². The Bertz CT molecular complexity index is 745. The van der Waals surface area contributed by atoms with Crippen molar-refractivity contribution < 1.29 is 13.2 Å². The van der Waals surface area contributed by atoms with Crippen molar-refractivity contribution in [3.63, 3.8) is 0 Å². The maximum Gasteiger partial charge on any atom is 0.243 e. The summed E-state index contributed by atoms with van der Waals surface area (Å²) in [5.74, 6) is 0.283. The molecule has 2 fully saturated rings. The lowest BCUT2D eigenvalue weighted by Gasteiger charge is -2.39. The number of aryl methyl sites for hydroxylation is 1. The third kappa shape index (κ3) is 4.52. The number of hydrogen-bond donors (Lipinski definition) is 0. The third-order valence-corrected chi connectivity index (χ3v) is 7.73. The molecule has 0 N–H and O–H groups in total. The quantitative estimate of drug-likeness (QED) is 0.784. The van der Waals surface area contributed by atoms with E-state index in [2.05, 4.69) is 18.7 Å². The van der Waals surface area contributed by atoms with Crippen LogP contribution >= 0.6 is 0 Å². The van der Waals surface area contributed by atoms with Gasteiger partial charge < -0.3 is 9.80 Å². The monoisotopic (exact) mass is 393 g/mol. The zero-order chi connectivity index (χ0) is 19.6. The SMILES string of the molecule is Cc1ccc(S(=O)(=O)N2CCN(C(=O)C3CCN(C(C)C)CC3)CC2)cc1. The number of carbonyl (C=O) groups is 1. The van der Waals surface area contributed by atoms with Gasteiger partial charge in [0.2, 0.25) is 15.9 Å². The fraction of sp³-hybridized carbons (Fsp3) is 0.650. The molecule has 0 aromatic heterocycles. The van der Waals surface area contributed by atoms with Gasteiger partial charge in [-0.15, -0.1) is 0 Å². The molecule has 1 amide bonds. The Hall–Kier alpha value is -1.44. The van der Waals surface area contributed by atoms with Crippen LogP contribution in [0.25, 0.3) is 0 Å². The van der Waals surface area contributed by atoms with Gasteiger partial charge in [-0.2, -0.15) is 4.31 Å². The zero-order valence-electron chi connectivity index (χ0n) is 16.6. The summed E-state index contributed by atoms with van der Waals surface area (Å²) >= 11 is 0. The van der Waals surface area contributed by atoms with Crippen LogP contribution in [0.5, 0.6) is 0 Å². The van der Waals surface area contributed by atoms with Crippen LogP contribution in [-0.4, -0.2) is 73.7 Å². The van der Waals surface area contributed by atoms with Gasteiger partial charge in [0, 0.05) is 38.1 Å². The molecule has 0 atom stereocenters. The van der Waals surface area contributed by atoms with E-state index in [1.165, 1.54) is 4.31 Å². The fourth-order valence-electron chi connectivity index (χ4n) is 3.93. The molecule has 6 nitrogen and oxygen atoms in total. The summed E-state index contributed by atoms with van der Waals surface area (Å²) in [6, 6.07) is 7.47. The molecule has 7 heteroatoms. The molecule has 0 unspecified atom stereocenters. The van der Waals surface area contributed by atoms with Gasteiger partial charge in [0.05, 0.1) is 4.90 Å². The molecule has 2 saturated heterocycles. The van der Waals surface area contributed by atoms with Gasteiger partial charge in [0.25, 0.3) is 0 Å². The van der Waals surface area contributed by atoms with Gasteiger partial charge >= 0.3 is 0 Å². The Morgan fingerprint density at radius 2 is 1.52 bits per heavy atom. The lowest BCUT2D eigenvalue weighted by molar-refractivity contribution is -0.138. The normalized spacial score (nSPS) is 21.0. The number of benzene rings is 1. The summed E-state index contributed by atoms with van der Waals surface area (Å²) in [7, 11) is -3.48. The van der Waals surface area contributed by atoms with Crippen LogP contribution < -0.4 is 0 Å². The molecule has 150 valence electrons. The Morgan fingerprint density at radius 1 is 0.963 bits per heavy atom.